The first-order chi connectivity index (χ1) is 12.8. The Kier molecular flexibility index (Phi) is 6.01. The van der Waals surface area contributed by atoms with Crippen LogP contribution >= 0.6 is 22.6 Å². The maximum absolute atomic E-state index is 13.2. The Morgan fingerprint density at radius 2 is 2.04 bits per heavy atom. The quantitative estimate of drug-likeness (QED) is 0.500. The smallest absolute Gasteiger partial charge is 0.419 e. The second kappa shape index (κ2) is 7.95. The van der Waals surface area contributed by atoms with Gasteiger partial charge in [-0.15, -0.1) is 0 Å². The number of nitrogens with zero attached hydrogens (tertiary/aromatic N) is 2. The lowest BCUT2D eigenvalue weighted by molar-refractivity contribution is 0.0527. The van der Waals surface area contributed by atoms with Gasteiger partial charge in [0.1, 0.15) is 5.60 Å². The van der Waals surface area contributed by atoms with Crippen molar-refractivity contribution in [3.63, 3.8) is 0 Å². The number of ether oxygens (including phenoxy) is 1. The van der Waals surface area contributed by atoms with Gasteiger partial charge in [0.05, 0.1) is 17.3 Å². The Morgan fingerprint density at radius 1 is 1.33 bits per heavy atom. The fraction of sp³-hybridized carbons (Fsp3) is 0.500. The minimum atomic E-state index is -0.522. The highest BCUT2D eigenvalue weighted by molar-refractivity contribution is 14.1. The average Bonchev–Trinajstić information content (AvgIpc) is 2.94. The van der Waals surface area contributed by atoms with E-state index in [1.54, 1.807) is 0 Å². The highest BCUT2D eigenvalue weighted by atomic mass is 127. The third-order valence-corrected chi connectivity index (χ3v) is 6.02. The second-order valence-corrected chi connectivity index (χ2v) is 9.46. The fourth-order valence-corrected chi connectivity index (χ4v) is 4.39. The van der Waals surface area contributed by atoms with Gasteiger partial charge in [0.2, 0.25) is 0 Å². The van der Waals surface area contributed by atoms with Gasteiger partial charge in [0, 0.05) is 22.1 Å². The number of carbonyl (C=O) groups is 1. The van der Waals surface area contributed by atoms with Gasteiger partial charge in [-0.3, -0.25) is 4.90 Å². The third kappa shape index (κ3) is 4.09. The summed E-state index contributed by atoms with van der Waals surface area (Å²) in [5, 5.41) is 1.18. The number of rotatable bonds is 3. The number of hydrogen-bond acceptors (Lipinski definition) is 3. The minimum Gasteiger partial charge on any atom is -0.443 e. The lowest BCUT2D eigenvalue weighted by Gasteiger charge is -2.36. The molecule has 1 atom stereocenters. The molecule has 3 rings (SSSR count). The van der Waals surface area contributed by atoms with E-state index in [-0.39, 0.29) is 12.1 Å². The van der Waals surface area contributed by atoms with E-state index < -0.39 is 5.60 Å². The summed E-state index contributed by atoms with van der Waals surface area (Å²) in [7, 11) is 0. The van der Waals surface area contributed by atoms with Gasteiger partial charge in [0.25, 0.3) is 0 Å². The molecule has 27 heavy (non-hydrogen) atoms. The molecule has 146 valence electrons. The molecule has 0 saturated heterocycles. The highest BCUT2D eigenvalue weighted by Gasteiger charge is 2.34. The summed E-state index contributed by atoms with van der Waals surface area (Å²) in [6.45, 7) is 12.0. The average molecular weight is 480 g/mol. The predicted octanol–water partition coefficient (Wildman–Crippen LogP) is 6.07. The molecular formula is C22H29IN2O2. The molecule has 2 heterocycles. The van der Waals surface area contributed by atoms with Crippen molar-refractivity contribution in [2.24, 2.45) is 0 Å². The molecule has 1 aliphatic heterocycles. The van der Waals surface area contributed by atoms with Gasteiger partial charge in [0.15, 0.2) is 0 Å². The fourth-order valence-electron chi connectivity index (χ4n) is 3.95. The number of allylic oxidation sites excluding steroid dienone is 1. The minimum absolute atomic E-state index is 0.207. The summed E-state index contributed by atoms with van der Waals surface area (Å²) in [6, 6.07) is 8.42. The lowest BCUT2D eigenvalue weighted by atomic mass is 9.95. The van der Waals surface area contributed by atoms with Crippen LogP contribution in [0.3, 0.4) is 0 Å². The first-order valence-corrected chi connectivity index (χ1v) is 10.7. The molecule has 5 heteroatoms. The number of halogens is 1. The molecule has 1 aromatic carbocycles. The molecule has 0 fully saturated rings. The molecule has 0 saturated carbocycles. The van der Waals surface area contributed by atoms with Gasteiger partial charge >= 0.3 is 6.09 Å². The van der Waals surface area contributed by atoms with Crippen LogP contribution in [0.2, 0.25) is 0 Å². The van der Waals surface area contributed by atoms with E-state index in [1.807, 2.05) is 37.5 Å². The van der Waals surface area contributed by atoms with E-state index in [2.05, 4.69) is 59.5 Å². The van der Waals surface area contributed by atoms with E-state index in [9.17, 15) is 4.79 Å². The lowest BCUT2D eigenvalue weighted by Crippen LogP contribution is -2.38. The van der Waals surface area contributed by atoms with E-state index in [0.717, 1.165) is 37.1 Å². The summed E-state index contributed by atoms with van der Waals surface area (Å²) in [4.78, 5) is 15.7. The van der Waals surface area contributed by atoms with Crippen LogP contribution in [-0.2, 0) is 11.2 Å². The molecule has 1 aromatic heterocycles. The van der Waals surface area contributed by atoms with Crippen LogP contribution in [0, 0.1) is 0 Å². The molecule has 0 bridgehead atoms. The highest BCUT2D eigenvalue weighted by Crippen LogP contribution is 2.39. The van der Waals surface area contributed by atoms with Crippen LogP contribution in [0.25, 0.3) is 10.9 Å². The molecule has 1 aliphatic rings. The van der Waals surface area contributed by atoms with E-state index in [1.165, 1.54) is 14.5 Å². The van der Waals surface area contributed by atoms with Crippen LogP contribution in [0.5, 0.6) is 0 Å². The van der Waals surface area contributed by atoms with Crippen molar-refractivity contribution < 1.29 is 9.53 Å². The Balaban J connectivity index is 2.16. The van der Waals surface area contributed by atoms with Crippen molar-refractivity contribution in [1.82, 2.24) is 9.47 Å². The van der Waals surface area contributed by atoms with Crippen LogP contribution in [0.15, 0.2) is 33.9 Å². The van der Waals surface area contributed by atoms with E-state index in [0.29, 0.717) is 0 Å². The van der Waals surface area contributed by atoms with Crippen molar-refractivity contribution in [2.45, 2.75) is 59.1 Å². The van der Waals surface area contributed by atoms with Crippen molar-refractivity contribution in [3.05, 3.63) is 45.2 Å². The van der Waals surface area contributed by atoms with Crippen LogP contribution < -0.4 is 0 Å². The first-order valence-electron chi connectivity index (χ1n) is 9.67. The van der Waals surface area contributed by atoms with Gasteiger partial charge in [-0.2, -0.15) is 0 Å². The molecule has 1 unspecified atom stereocenters. The SMILES string of the molecule is CC=C(I)CN1CCc2c(n(C(=O)OC(C)(C)C)c3ccccc23)C1CC. The van der Waals surface area contributed by atoms with Gasteiger partial charge in [-0.25, -0.2) is 9.36 Å². The topological polar surface area (TPSA) is 34.5 Å². The predicted molar refractivity (Wildman–Crippen MR) is 120 cm³/mol. The Bertz CT molecular complexity index is 876. The van der Waals surface area contributed by atoms with Crippen LogP contribution in [-0.4, -0.2) is 34.3 Å². The number of aromatic nitrogens is 1. The molecule has 2 aromatic rings. The zero-order valence-electron chi connectivity index (χ0n) is 16.9. The second-order valence-electron chi connectivity index (χ2n) is 8.08. The van der Waals surface area contributed by atoms with Gasteiger partial charge in [-0.05, 0) is 74.8 Å². The summed E-state index contributed by atoms with van der Waals surface area (Å²) >= 11 is 2.41. The van der Waals surface area contributed by atoms with Crippen molar-refractivity contribution in [2.75, 3.05) is 13.1 Å². The summed E-state index contributed by atoms with van der Waals surface area (Å²) in [6.07, 6.45) is 3.79. The molecule has 4 nitrogen and oxygen atoms in total. The number of fused-ring (bicyclic) bond motifs is 3. The Morgan fingerprint density at radius 3 is 2.67 bits per heavy atom. The van der Waals surface area contributed by atoms with Gasteiger partial charge < -0.3 is 4.74 Å². The van der Waals surface area contributed by atoms with Crippen molar-refractivity contribution in [3.8, 4) is 0 Å². The largest absolute Gasteiger partial charge is 0.443 e. The number of carbonyl (C=O) groups excluding carboxylic acids is 1. The summed E-state index contributed by atoms with van der Waals surface area (Å²) in [5.74, 6) is 0. The Hall–Kier alpha value is -1.34. The number of benzene rings is 1. The van der Waals surface area contributed by atoms with Crippen LogP contribution in [0.4, 0.5) is 4.79 Å². The Labute approximate surface area is 175 Å². The summed E-state index contributed by atoms with van der Waals surface area (Å²) in [5.41, 5.74) is 2.85. The molecule has 0 spiro atoms. The normalized spacial score (nSPS) is 18.6. The third-order valence-electron chi connectivity index (χ3n) is 5.06. The van der Waals surface area contributed by atoms with Gasteiger partial charge in [-0.1, -0.05) is 31.2 Å². The molecular weight excluding hydrogens is 451 g/mol. The monoisotopic (exact) mass is 480 g/mol. The number of hydrogen-bond donors (Lipinski definition) is 0. The molecule has 0 amide bonds. The van der Waals surface area contributed by atoms with Crippen molar-refractivity contribution >= 4 is 39.6 Å². The maximum Gasteiger partial charge on any atom is 0.419 e. The summed E-state index contributed by atoms with van der Waals surface area (Å²) < 4.78 is 8.94. The van der Waals surface area contributed by atoms with Crippen molar-refractivity contribution in [1.29, 1.82) is 0 Å². The van der Waals surface area contributed by atoms with E-state index in [4.69, 9.17) is 4.74 Å². The first kappa shape index (κ1) is 20.4. The maximum atomic E-state index is 13.2. The van der Waals surface area contributed by atoms with Crippen LogP contribution in [0.1, 0.15) is 58.3 Å². The zero-order valence-corrected chi connectivity index (χ0v) is 19.0. The number of para-hydroxylation sites is 1. The zero-order chi connectivity index (χ0) is 19.8. The molecule has 0 N–H and O–H groups in total. The molecule has 0 radical (unpaired) electrons. The standard InChI is InChI=1S/C22H29IN2O2/c1-6-15(23)14-24-13-12-17-16-10-8-9-11-19(16)25(20(17)18(24)7-2)21(26)27-22(3,4)5/h6,8-11,18H,7,12-14H2,1-5H3. The molecule has 0 aliphatic carbocycles. The van der Waals surface area contributed by atoms with E-state index >= 15 is 0 Å².